The van der Waals surface area contributed by atoms with Gasteiger partial charge in [-0.25, -0.2) is 4.79 Å². The molecule has 0 radical (unpaired) electrons. The number of rotatable bonds is 6. The van der Waals surface area contributed by atoms with Crippen LogP contribution in [0, 0.1) is 13.8 Å². The van der Waals surface area contributed by atoms with Crippen LogP contribution in [0.1, 0.15) is 82.5 Å². The van der Waals surface area contributed by atoms with E-state index >= 15 is 0 Å². The summed E-state index contributed by atoms with van der Waals surface area (Å²) in [5, 5.41) is 57.2. The average molecular weight is 596 g/mol. The summed E-state index contributed by atoms with van der Waals surface area (Å²) in [4.78, 5) is 28.9. The van der Waals surface area contributed by atoms with Gasteiger partial charge in [-0.2, -0.15) is 0 Å². The van der Waals surface area contributed by atoms with Gasteiger partial charge in [-0.1, -0.05) is 39.8 Å². The average Bonchev–Trinajstić information content (AvgIpc) is 2.96. The van der Waals surface area contributed by atoms with Crippen molar-refractivity contribution < 1.29 is 39.9 Å². The molecule has 0 bridgehead atoms. The van der Waals surface area contributed by atoms with Gasteiger partial charge in [0.15, 0.2) is 29.3 Å². The summed E-state index contributed by atoms with van der Waals surface area (Å²) >= 11 is 0. The topological polar surface area (TPSA) is 157 Å². The van der Waals surface area contributed by atoms with Crippen molar-refractivity contribution in [1.29, 1.82) is 0 Å². The number of aryl methyl sites for hydroxylation is 2. The first-order valence-corrected chi connectivity index (χ1v) is 14.1. The predicted molar refractivity (Wildman–Crippen MR) is 167 cm³/mol. The maximum absolute atomic E-state index is 12.9. The van der Waals surface area contributed by atoms with Gasteiger partial charge in [0.1, 0.15) is 11.5 Å². The third-order valence-corrected chi connectivity index (χ3v) is 7.99. The molecule has 1 heterocycles. The molecule has 0 fully saturated rings. The van der Waals surface area contributed by atoms with E-state index in [4.69, 9.17) is 4.74 Å². The molecule has 0 saturated carbocycles. The molecule has 4 aromatic carbocycles. The first-order valence-electron chi connectivity index (χ1n) is 14.1. The minimum atomic E-state index is -0.704. The Morgan fingerprint density at radius 2 is 1.41 bits per heavy atom. The van der Waals surface area contributed by atoms with Crippen molar-refractivity contribution in [2.45, 2.75) is 53.4 Å². The molecule has 9 nitrogen and oxygen atoms in total. The summed E-state index contributed by atoms with van der Waals surface area (Å²) in [6.45, 7) is 10.8. The van der Waals surface area contributed by atoms with Crippen LogP contribution >= 0.6 is 0 Å². The van der Waals surface area contributed by atoms with Crippen LogP contribution in [0.5, 0.6) is 34.5 Å². The highest BCUT2D eigenvalue weighted by Crippen LogP contribution is 2.53. The van der Waals surface area contributed by atoms with Crippen molar-refractivity contribution in [3.63, 3.8) is 0 Å². The van der Waals surface area contributed by atoms with Crippen LogP contribution in [0.2, 0.25) is 0 Å². The van der Waals surface area contributed by atoms with E-state index in [0.717, 1.165) is 0 Å². The molecular formula is C35H33NO8. The van der Waals surface area contributed by atoms with Gasteiger partial charge in [-0.15, -0.1) is 0 Å². The van der Waals surface area contributed by atoms with E-state index in [0.29, 0.717) is 39.3 Å². The highest BCUT2D eigenvalue weighted by molar-refractivity contribution is 6.12. The van der Waals surface area contributed by atoms with Gasteiger partial charge in [0.05, 0.1) is 11.1 Å². The number of benzene rings is 4. The second kappa shape index (κ2) is 11.1. The highest BCUT2D eigenvalue weighted by atomic mass is 16.5. The number of carbonyl (C=O) groups excluding carboxylic acids is 2. The van der Waals surface area contributed by atoms with Gasteiger partial charge in [0.2, 0.25) is 0 Å². The lowest BCUT2D eigenvalue weighted by Gasteiger charge is -2.23. The summed E-state index contributed by atoms with van der Waals surface area (Å²) in [6, 6.07) is 7.92. The first kappa shape index (κ1) is 30.2. The molecule has 0 atom stereocenters. The second-order valence-electron chi connectivity index (χ2n) is 11.6. The quantitative estimate of drug-likeness (QED) is 0.0581. The monoisotopic (exact) mass is 595 g/mol. The molecule has 1 aromatic heterocycles. The molecule has 0 saturated heterocycles. The maximum atomic E-state index is 12.9. The zero-order chi connectivity index (χ0) is 32.2. The van der Waals surface area contributed by atoms with Crippen LogP contribution in [-0.4, -0.2) is 42.8 Å². The van der Waals surface area contributed by atoms with Gasteiger partial charge in [-0.3, -0.25) is 9.78 Å². The van der Waals surface area contributed by atoms with Crippen LogP contribution < -0.4 is 4.74 Å². The molecule has 0 amide bonds. The largest absolute Gasteiger partial charge is 0.507 e. The Kier molecular flexibility index (Phi) is 7.59. The van der Waals surface area contributed by atoms with E-state index in [1.165, 1.54) is 18.5 Å². The summed E-state index contributed by atoms with van der Waals surface area (Å²) in [5.74, 6) is -3.29. The van der Waals surface area contributed by atoms with Gasteiger partial charge < -0.3 is 30.3 Å². The van der Waals surface area contributed by atoms with Crippen molar-refractivity contribution in [2.24, 2.45) is 0 Å². The number of ether oxygens (including phenoxy) is 1. The first-order chi connectivity index (χ1) is 20.8. The van der Waals surface area contributed by atoms with Crippen LogP contribution in [0.25, 0.3) is 32.7 Å². The van der Waals surface area contributed by atoms with Crippen molar-refractivity contribution in [1.82, 2.24) is 4.98 Å². The highest BCUT2D eigenvalue weighted by Gasteiger charge is 2.29. The molecule has 9 heteroatoms. The smallest absolute Gasteiger partial charge is 0.345 e. The third kappa shape index (κ3) is 4.61. The van der Waals surface area contributed by atoms with Crippen molar-refractivity contribution in [2.75, 3.05) is 0 Å². The number of phenols is 5. The summed E-state index contributed by atoms with van der Waals surface area (Å²) in [5.41, 5.74) is 2.33. The molecular weight excluding hydrogens is 562 g/mol. The third-order valence-electron chi connectivity index (χ3n) is 7.99. The van der Waals surface area contributed by atoms with E-state index in [-0.39, 0.29) is 67.9 Å². The number of hydrogen-bond acceptors (Lipinski definition) is 9. The second-order valence-corrected chi connectivity index (χ2v) is 11.6. The van der Waals surface area contributed by atoms with Crippen molar-refractivity contribution in [3.8, 4) is 45.6 Å². The Morgan fingerprint density at radius 1 is 0.795 bits per heavy atom. The number of aromatic hydroxyl groups is 5. The van der Waals surface area contributed by atoms with E-state index in [2.05, 4.69) is 4.98 Å². The van der Waals surface area contributed by atoms with Gasteiger partial charge in [-0.05, 0) is 65.8 Å². The molecule has 0 aliphatic rings. The van der Waals surface area contributed by atoms with Crippen LogP contribution in [0.15, 0.2) is 42.7 Å². The SMILES string of the molecule is Cc1cc2c(C(C)C)c(OC(=O)c3cccnc3)c(O)cc2c(O)c1-c1c(C)cc2c(C(C)C)c(O)c(O)c(C=O)c2c1O. The Hall–Kier alpha value is -5.31. The van der Waals surface area contributed by atoms with Crippen molar-refractivity contribution >= 4 is 33.8 Å². The molecule has 44 heavy (non-hydrogen) atoms. The maximum Gasteiger partial charge on any atom is 0.345 e. The number of esters is 1. The fourth-order valence-corrected chi connectivity index (χ4v) is 6.08. The molecule has 0 aliphatic carbocycles. The molecule has 5 rings (SSSR count). The fourth-order valence-electron chi connectivity index (χ4n) is 6.08. The van der Waals surface area contributed by atoms with Crippen LogP contribution in [-0.2, 0) is 0 Å². The van der Waals surface area contributed by atoms with Crippen LogP contribution in [0.4, 0.5) is 0 Å². The van der Waals surface area contributed by atoms with E-state index in [1.54, 1.807) is 38.1 Å². The molecule has 0 spiro atoms. The summed E-state index contributed by atoms with van der Waals surface area (Å²) in [6.07, 6.45) is 3.25. The minimum absolute atomic E-state index is 0.0373. The lowest BCUT2D eigenvalue weighted by molar-refractivity contribution is 0.0727. The normalized spacial score (nSPS) is 11.5. The number of aromatic nitrogens is 1. The molecule has 5 aromatic rings. The Bertz CT molecular complexity index is 2000. The number of aldehydes is 1. The fraction of sp³-hybridized carbons (Fsp3) is 0.229. The Morgan fingerprint density at radius 3 is 1.98 bits per heavy atom. The van der Waals surface area contributed by atoms with Crippen LogP contribution in [0.3, 0.4) is 0 Å². The van der Waals surface area contributed by atoms with Gasteiger partial charge >= 0.3 is 5.97 Å². The lowest BCUT2D eigenvalue weighted by Crippen LogP contribution is -2.11. The number of phenolic OH excluding ortho intramolecular Hbond substituents is 5. The summed E-state index contributed by atoms with van der Waals surface area (Å²) < 4.78 is 5.66. The van der Waals surface area contributed by atoms with Gasteiger partial charge in [0, 0.05) is 45.4 Å². The summed E-state index contributed by atoms with van der Waals surface area (Å²) in [7, 11) is 0. The predicted octanol–water partition coefficient (Wildman–Crippen LogP) is 7.48. The van der Waals surface area contributed by atoms with E-state index < -0.39 is 17.5 Å². The number of nitrogens with zero attached hydrogens (tertiary/aromatic N) is 1. The molecule has 0 aliphatic heterocycles. The Labute approximate surface area is 253 Å². The minimum Gasteiger partial charge on any atom is -0.507 e. The molecule has 226 valence electrons. The zero-order valence-electron chi connectivity index (χ0n) is 25.2. The number of hydrogen-bond donors (Lipinski definition) is 5. The van der Waals surface area contributed by atoms with E-state index in [9.17, 15) is 35.1 Å². The zero-order valence-corrected chi connectivity index (χ0v) is 25.2. The van der Waals surface area contributed by atoms with E-state index in [1.807, 2.05) is 27.7 Å². The van der Waals surface area contributed by atoms with Gasteiger partial charge in [0.25, 0.3) is 0 Å². The molecule has 5 N–H and O–H groups in total. The number of carbonyl (C=O) groups is 2. The lowest BCUT2D eigenvalue weighted by atomic mass is 9.84. The van der Waals surface area contributed by atoms with Crippen molar-refractivity contribution in [3.05, 3.63) is 76.1 Å². The standard InChI is InChI=1S/C35H33NO8/c1-15(2)25-22-11-18(6)28(32(41)29(22)23(14-37)31(40)33(25)42)27-17(5)10-20-21(30(27)39)12-24(38)34(26(20)16(3)4)44-35(43)19-8-7-9-36-13-19/h7-16,38-42H,1-6H3. The number of fused-ring (bicyclic) bond motifs is 2. The number of pyridine rings is 1. The molecule has 0 unspecified atom stereocenters. The Balaban J connectivity index is 1.82.